The number of urea groups is 1. The van der Waals surface area contributed by atoms with Crippen LogP contribution >= 0.6 is 0 Å². The summed E-state index contributed by atoms with van der Waals surface area (Å²) in [5.74, 6) is -0.443. The monoisotopic (exact) mass is 620 g/mol. The van der Waals surface area contributed by atoms with Crippen LogP contribution in [-0.4, -0.2) is 55.8 Å². The predicted octanol–water partition coefficient (Wildman–Crippen LogP) is 6.13. The zero-order chi connectivity index (χ0) is 32.0. The first kappa shape index (κ1) is 30.6. The number of hydrogen-bond acceptors (Lipinski definition) is 7. The second-order valence-electron chi connectivity index (χ2n) is 11.7. The van der Waals surface area contributed by atoms with Crippen molar-refractivity contribution in [3.63, 3.8) is 0 Å². The summed E-state index contributed by atoms with van der Waals surface area (Å²) in [7, 11) is 0. The standard InChI is InChI=1S/C34H36N8O4/c1-2-3-19-41-31(44)28-18-15-26(20-29(28)32(41)45)35-34(46)42(27-16-13-24(14-17-27)23-7-5-4-6-8-23)21-22-9-11-25(12-10-22)30(43)36-33-37-39-40-38-33/h9-18,20,23H,2-8,19,21H2,1H3,(H,35,46)(H2,36,37,38,39,40,43). The summed E-state index contributed by atoms with van der Waals surface area (Å²) in [6.07, 6.45) is 7.68. The summed E-state index contributed by atoms with van der Waals surface area (Å²) < 4.78 is 0. The molecule has 3 aromatic carbocycles. The number of fused-ring (bicyclic) bond motifs is 1. The maximum absolute atomic E-state index is 13.9. The first-order valence-electron chi connectivity index (χ1n) is 15.7. The lowest BCUT2D eigenvalue weighted by molar-refractivity contribution is 0.0652. The van der Waals surface area contributed by atoms with Crippen LogP contribution in [0.4, 0.5) is 22.1 Å². The number of carbonyl (C=O) groups is 4. The van der Waals surface area contributed by atoms with E-state index in [0.29, 0.717) is 35.0 Å². The van der Waals surface area contributed by atoms with E-state index in [1.165, 1.54) is 42.6 Å². The Labute approximate surface area is 266 Å². The molecule has 0 radical (unpaired) electrons. The Morgan fingerprint density at radius 1 is 0.913 bits per heavy atom. The second kappa shape index (κ2) is 13.7. The zero-order valence-corrected chi connectivity index (χ0v) is 25.7. The Kier molecular flexibility index (Phi) is 9.13. The number of hydrogen-bond donors (Lipinski definition) is 3. The molecule has 0 atom stereocenters. The van der Waals surface area contributed by atoms with Gasteiger partial charge in [0.1, 0.15) is 0 Å². The van der Waals surface area contributed by atoms with Crippen LogP contribution in [0, 0.1) is 0 Å². The first-order valence-corrected chi connectivity index (χ1v) is 15.7. The molecule has 1 aromatic heterocycles. The van der Waals surface area contributed by atoms with Crippen molar-refractivity contribution in [2.45, 2.75) is 64.3 Å². The van der Waals surface area contributed by atoms with Gasteiger partial charge in [0, 0.05) is 23.5 Å². The van der Waals surface area contributed by atoms with Crippen molar-refractivity contribution in [2.75, 3.05) is 22.1 Å². The van der Waals surface area contributed by atoms with Crippen molar-refractivity contribution in [1.82, 2.24) is 25.5 Å². The third-order valence-corrected chi connectivity index (χ3v) is 8.61. The predicted molar refractivity (Wildman–Crippen MR) is 173 cm³/mol. The molecule has 5 amide bonds. The number of tetrazole rings is 1. The average molecular weight is 621 g/mol. The second-order valence-corrected chi connectivity index (χ2v) is 11.7. The lowest BCUT2D eigenvalue weighted by atomic mass is 9.84. The molecule has 3 N–H and O–H groups in total. The molecular weight excluding hydrogens is 584 g/mol. The lowest BCUT2D eigenvalue weighted by Crippen LogP contribution is -2.34. The number of benzene rings is 3. The minimum atomic E-state index is -0.399. The first-order chi connectivity index (χ1) is 22.4. The van der Waals surface area contributed by atoms with Crippen molar-refractivity contribution >= 4 is 41.1 Å². The molecule has 0 bridgehead atoms. The van der Waals surface area contributed by atoms with Gasteiger partial charge >= 0.3 is 6.03 Å². The molecular formula is C34H36N8O4. The molecule has 2 aliphatic rings. The largest absolute Gasteiger partial charge is 0.326 e. The fraction of sp³-hybridized carbons (Fsp3) is 0.324. The zero-order valence-electron chi connectivity index (χ0n) is 25.7. The van der Waals surface area contributed by atoms with Crippen molar-refractivity contribution < 1.29 is 19.2 Å². The van der Waals surface area contributed by atoms with E-state index < -0.39 is 11.9 Å². The number of nitrogens with one attached hydrogen (secondary N) is 3. The van der Waals surface area contributed by atoms with E-state index in [1.807, 2.05) is 19.1 Å². The van der Waals surface area contributed by atoms with E-state index in [0.717, 1.165) is 18.4 Å². The minimum absolute atomic E-state index is 0.0693. The molecule has 4 aromatic rings. The third-order valence-electron chi connectivity index (χ3n) is 8.61. The Morgan fingerprint density at radius 3 is 2.35 bits per heavy atom. The van der Waals surface area contributed by atoms with Crippen LogP contribution in [0.25, 0.3) is 0 Å². The normalized spacial score (nSPS) is 14.7. The Hall–Kier alpha value is -5.39. The summed E-state index contributed by atoms with van der Waals surface area (Å²) in [5.41, 5.74) is 4.22. The van der Waals surface area contributed by atoms with Gasteiger partial charge in [-0.1, -0.05) is 62.0 Å². The molecule has 12 heteroatoms. The fourth-order valence-electron chi connectivity index (χ4n) is 6.05. The van der Waals surface area contributed by atoms with Crippen molar-refractivity contribution in [1.29, 1.82) is 0 Å². The third kappa shape index (κ3) is 6.65. The molecule has 12 nitrogen and oxygen atoms in total. The van der Waals surface area contributed by atoms with E-state index >= 15 is 0 Å². The van der Waals surface area contributed by atoms with Crippen LogP contribution in [0.15, 0.2) is 66.7 Å². The fourth-order valence-corrected chi connectivity index (χ4v) is 6.05. The number of anilines is 3. The Morgan fingerprint density at radius 2 is 1.65 bits per heavy atom. The van der Waals surface area contributed by atoms with E-state index in [-0.39, 0.29) is 29.9 Å². The highest BCUT2D eigenvalue weighted by Gasteiger charge is 2.35. The van der Waals surface area contributed by atoms with Gasteiger partial charge in [0.05, 0.1) is 17.7 Å². The number of H-pyrrole nitrogens is 1. The molecule has 46 heavy (non-hydrogen) atoms. The summed E-state index contributed by atoms with van der Waals surface area (Å²) in [6, 6.07) is 19.4. The molecule has 0 unspecified atom stereocenters. The number of aromatic amines is 1. The van der Waals surface area contributed by atoms with E-state index in [1.54, 1.807) is 47.4 Å². The molecule has 1 fully saturated rings. The lowest BCUT2D eigenvalue weighted by Gasteiger charge is -2.26. The summed E-state index contributed by atoms with van der Waals surface area (Å²) >= 11 is 0. The number of amides is 5. The van der Waals surface area contributed by atoms with Gasteiger partial charge in [-0.25, -0.2) is 4.79 Å². The minimum Gasteiger partial charge on any atom is -0.308 e. The van der Waals surface area contributed by atoms with E-state index in [9.17, 15) is 19.2 Å². The number of rotatable bonds is 10. The van der Waals surface area contributed by atoms with Gasteiger partial charge in [0.25, 0.3) is 23.7 Å². The van der Waals surface area contributed by atoms with E-state index in [4.69, 9.17) is 0 Å². The van der Waals surface area contributed by atoms with Crippen LogP contribution in [0.2, 0.25) is 0 Å². The molecule has 1 saturated carbocycles. The van der Waals surface area contributed by atoms with Gasteiger partial charge in [0.2, 0.25) is 0 Å². The Balaban J connectivity index is 1.22. The molecule has 236 valence electrons. The van der Waals surface area contributed by atoms with Crippen molar-refractivity contribution in [3.05, 3.63) is 94.5 Å². The van der Waals surface area contributed by atoms with Gasteiger partial charge in [-0.3, -0.25) is 29.5 Å². The van der Waals surface area contributed by atoms with Crippen molar-refractivity contribution in [2.24, 2.45) is 0 Å². The summed E-state index contributed by atoms with van der Waals surface area (Å²) in [5, 5.41) is 18.7. The van der Waals surface area contributed by atoms with Gasteiger partial charge in [-0.2, -0.15) is 5.21 Å². The highest BCUT2D eigenvalue weighted by atomic mass is 16.2. The quantitative estimate of drug-likeness (QED) is 0.180. The van der Waals surface area contributed by atoms with Gasteiger partial charge in [-0.05, 0) is 84.0 Å². The SMILES string of the molecule is CCCCN1C(=O)c2ccc(NC(=O)N(Cc3ccc(C(=O)Nc4nn[nH]n4)cc3)c3ccc(C4CCCCC4)cc3)cc2C1=O. The summed E-state index contributed by atoms with van der Waals surface area (Å²) in [4.78, 5) is 55.2. The number of unbranched alkanes of at least 4 members (excludes halogenated alkanes) is 1. The van der Waals surface area contributed by atoms with Gasteiger partial charge < -0.3 is 5.32 Å². The molecule has 0 spiro atoms. The van der Waals surface area contributed by atoms with Crippen LogP contribution in [0.3, 0.4) is 0 Å². The van der Waals surface area contributed by atoms with Crippen LogP contribution in [0.5, 0.6) is 0 Å². The van der Waals surface area contributed by atoms with Crippen molar-refractivity contribution in [3.8, 4) is 0 Å². The van der Waals surface area contributed by atoms with Gasteiger partial charge in [-0.15, -0.1) is 5.10 Å². The number of nitrogens with zero attached hydrogens (tertiary/aromatic N) is 5. The van der Waals surface area contributed by atoms with Crippen LogP contribution < -0.4 is 15.5 Å². The summed E-state index contributed by atoms with van der Waals surface area (Å²) in [6.45, 7) is 2.59. The smallest absolute Gasteiger partial charge is 0.308 e. The molecule has 2 heterocycles. The van der Waals surface area contributed by atoms with Crippen LogP contribution in [-0.2, 0) is 6.54 Å². The average Bonchev–Trinajstić information content (AvgIpc) is 3.68. The maximum atomic E-state index is 13.9. The number of carbonyl (C=O) groups excluding carboxylic acids is 4. The highest BCUT2D eigenvalue weighted by molar-refractivity contribution is 6.22. The molecule has 1 aliphatic heterocycles. The molecule has 1 aliphatic carbocycles. The highest BCUT2D eigenvalue weighted by Crippen LogP contribution is 2.34. The van der Waals surface area contributed by atoms with Crippen LogP contribution in [0.1, 0.15) is 100.0 Å². The van der Waals surface area contributed by atoms with Gasteiger partial charge in [0.15, 0.2) is 0 Å². The Bertz CT molecular complexity index is 1720. The topological polar surface area (TPSA) is 153 Å². The molecule has 0 saturated heterocycles. The number of imide groups is 1. The number of aromatic nitrogens is 4. The molecule has 6 rings (SSSR count). The van der Waals surface area contributed by atoms with E-state index in [2.05, 4.69) is 43.4 Å². The maximum Gasteiger partial charge on any atom is 0.326 e.